The van der Waals surface area contributed by atoms with Crippen LogP contribution in [0.15, 0.2) is 0 Å². The molecule has 8 aliphatic rings. The molecule has 0 spiro atoms. The average molecular weight is 539 g/mol. The molecule has 8 rings (SSSR count). The molecular formula is C28H42O2S4. The van der Waals surface area contributed by atoms with Crippen molar-refractivity contribution in [2.75, 3.05) is 50.4 Å². The van der Waals surface area contributed by atoms with Crippen molar-refractivity contribution in [3.63, 3.8) is 0 Å². The lowest BCUT2D eigenvalue weighted by Gasteiger charge is -2.88. The molecule has 0 aromatic carbocycles. The van der Waals surface area contributed by atoms with Gasteiger partial charge in [-0.3, -0.25) is 0 Å². The Morgan fingerprint density at radius 2 is 0.794 bits per heavy atom. The minimum atomic E-state index is 0.377. The molecule has 8 fully saturated rings. The SMILES string of the molecule is COCC12[C@@H]3[C@@H]4C[C@@H]([C@H]5C(CS)C(CS)[C@@H]45)[C@@H]3C1(COC)[C@@H]1[C@@H]3C[C@@H]([C@H]4C(CS)C(CS)[C@@H]34)[C@@H]12. The highest BCUT2D eigenvalue weighted by Gasteiger charge is 2.95. The summed E-state index contributed by atoms with van der Waals surface area (Å²) in [6.07, 6.45) is 2.96. The van der Waals surface area contributed by atoms with Crippen LogP contribution in [0.1, 0.15) is 12.8 Å². The lowest BCUT2D eigenvalue weighted by molar-refractivity contribution is -0.435. The minimum absolute atomic E-state index is 0.377. The molecule has 8 aliphatic carbocycles. The van der Waals surface area contributed by atoms with Crippen molar-refractivity contribution < 1.29 is 9.47 Å². The zero-order valence-electron chi connectivity index (χ0n) is 20.5. The molecule has 18 atom stereocenters. The van der Waals surface area contributed by atoms with Gasteiger partial charge in [0.05, 0.1) is 13.2 Å². The number of methoxy groups -OCH3 is 2. The van der Waals surface area contributed by atoms with Crippen LogP contribution in [-0.4, -0.2) is 50.4 Å². The van der Waals surface area contributed by atoms with E-state index in [-0.39, 0.29) is 0 Å². The van der Waals surface area contributed by atoms with Crippen LogP contribution in [-0.2, 0) is 9.47 Å². The first kappa shape index (κ1) is 23.2. The number of thiol groups is 4. The van der Waals surface area contributed by atoms with Gasteiger partial charge in [-0.1, -0.05) is 0 Å². The molecule has 6 unspecified atom stereocenters. The van der Waals surface area contributed by atoms with E-state index in [0.29, 0.717) is 10.8 Å². The molecule has 34 heavy (non-hydrogen) atoms. The van der Waals surface area contributed by atoms with Gasteiger partial charge in [0.2, 0.25) is 0 Å². The third-order valence-corrected chi connectivity index (χ3v) is 16.2. The summed E-state index contributed by atoms with van der Waals surface area (Å²) in [7, 11) is 3.96. The predicted molar refractivity (Wildman–Crippen MR) is 149 cm³/mol. The molecule has 0 aromatic heterocycles. The summed E-state index contributed by atoms with van der Waals surface area (Å²) in [4.78, 5) is 0. The van der Waals surface area contributed by atoms with Crippen LogP contribution in [0.25, 0.3) is 0 Å². The Balaban J connectivity index is 1.22. The van der Waals surface area contributed by atoms with Gasteiger partial charge in [-0.15, -0.1) is 0 Å². The summed E-state index contributed by atoms with van der Waals surface area (Å²) in [5.74, 6) is 18.3. The summed E-state index contributed by atoms with van der Waals surface area (Å²) in [5, 5.41) is 0. The summed E-state index contributed by atoms with van der Waals surface area (Å²) in [6.45, 7) is 1.95. The van der Waals surface area contributed by atoms with Crippen LogP contribution in [0.3, 0.4) is 0 Å². The van der Waals surface area contributed by atoms with Crippen molar-refractivity contribution >= 4 is 50.5 Å². The van der Waals surface area contributed by atoms with Crippen molar-refractivity contribution in [3.05, 3.63) is 0 Å². The molecular weight excluding hydrogens is 497 g/mol. The van der Waals surface area contributed by atoms with E-state index in [4.69, 9.17) is 60.0 Å². The van der Waals surface area contributed by atoms with E-state index in [2.05, 4.69) is 0 Å². The van der Waals surface area contributed by atoms with Gasteiger partial charge < -0.3 is 9.47 Å². The van der Waals surface area contributed by atoms with E-state index in [0.717, 1.165) is 131 Å². The van der Waals surface area contributed by atoms with Crippen LogP contribution in [0.2, 0.25) is 0 Å². The van der Waals surface area contributed by atoms with Gasteiger partial charge >= 0.3 is 0 Å². The third-order valence-electron chi connectivity index (χ3n) is 14.5. The van der Waals surface area contributed by atoms with Gasteiger partial charge in [0.25, 0.3) is 0 Å². The summed E-state index contributed by atoms with van der Waals surface area (Å²) < 4.78 is 12.4. The van der Waals surface area contributed by atoms with E-state index in [1.807, 2.05) is 14.2 Å². The van der Waals surface area contributed by atoms with Crippen molar-refractivity contribution in [1.82, 2.24) is 0 Å². The Labute approximate surface area is 227 Å². The number of rotatable bonds is 8. The highest BCUT2D eigenvalue weighted by molar-refractivity contribution is 7.80. The first-order chi connectivity index (χ1) is 16.6. The van der Waals surface area contributed by atoms with Crippen molar-refractivity contribution in [1.29, 1.82) is 0 Å². The maximum absolute atomic E-state index is 6.21. The molecule has 0 saturated heterocycles. The van der Waals surface area contributed by atoms with Gasteiger partial charge in [-0.05, 0) is 131 Å². The second kappa shape index (κ2) is 7.49. The lowest BCUT2D eigenvalue weighted by atomic mass is 9.16. The standard InChI is InChI=1S/C28H42O2S4/c1-29-9-27-23-11-3-13(21-17(7-33)15(5-31)19(11)21)25(23)28(27,10-30-2)26-14-4-12(24(26)27)20-16(6-32)18(8-34)22(14)20/h11-26,31-34H,3-10H2,1-2H3/t11-,12+,13+,14-,15?,16?,17?,18?,19-,20+,21+,22-,23-,24+,25+,26-,27?,28?. The highest BCUT2D eigenvalue weighted by Crippen LogP contribution is 2.96. The Kier molecular flexibility index (Phi) is 5.12. The van der Waals surface area contributed by atoms with Crippen LogP contribution >= 0.6 is 50.5 Å². The quantitative estimate of drug-likeness (QED) is 0.265. The predicted octanol–water partition coefficient (Wildman–Crippen LogP) is 4.72. The fraction of sp³-hybridized carbons (Fsp3) is 1.00. The van der Waals surface area contributed by atoms with Crippen molar-refractivity contribution in [3.8, 4) is 0 Å². The number of ether oxygens (including phenoxy) is 2. The fourth-order valence-corrected chi connectivity index (χ4v) is 16.8. The number of hydrogen-bond donors (Lipinski definition) is 4. The normalized spacial score (nSPS) is 66.9. The monoisotopic (exact) mass is 538 g/mol. The molecule has 8 saturated carbocycles. The first-order valence-corrected chi connectivity index (χ1v) is 16.6. The molecule has 0 N–H and O–H groups in total. The summed E-state index contributed by atoms with van der Waals surface area (Å²) >= 11 is 19.4. The van der Waals surface area contributed by atoms with Crippen molar-refractivity contribution in [2.45, 2.75) is 12.8 Å². The maximum Gasteiger partial charge on any atom is 0.0530 e. The molecule has 0 radical (unpaired) electrons. The second-order valence-electron chi connectivity index (χ2n) is 13.9. The van der Waals surface area contributed by atoms with Crippen molar-refractivity contribution in [2.24, 2.45) is 106 Å². The van der Waals surface area contributed by atoms with E-state index in [1.165, 1.54) is 12.8 Å². The minimum Gasteiger partial charge on any atom is -0.384 e. The molecule has 0 aromatic rings. The topological polar surface area (TPSA) is 18.5 Å². The lowest BCUT2D eigenvalue weighted by Crippen LogP contribution is -2.88. The van der Waals surface area contributed by atoms with E-state index in [1.54, 1.807) is 0 Å². The molecule has 190 valence electrons. The molecule has 0 amide bonds. The maximum atomic E-state index is 6.21. The Morgan fingerprint density at radius 1 is 0.529 bits per heavy atom. The zero-order chi connectivity index (χ0) is 23.3. The largest absolute Gasteiger partial charge is 0.384 e. The number of fused-ring (bicyclic) bond motifs is 21. The van der Waals surface area contributed by atoms with Gasteiger partial charge in [0.1, 0.15) is 0 Å². The van der Waals surface area contributed by atoms with E-state index >= 15 is 0 Å². The van der Waals surface area contributed by atoms with Crippen LogP contribution < -0.4 is 0 Å². The molecule has 4 bridgehead atoms. The van der Waals surface area contributed by atoms with Crippen LogP contribution in [0, 0.1) is 106 Å². The first-order valence-electron chi connectivity index (χ1n) is 14.0. The van der Waals surface area contributed by atoms with Gasteiger partial charge in [0, 0.05) is 25.0 Å². The Bertz CT molecular complexity index is 756. The molecule has 0 heterocycles. The van der Waals surface area contributed by atoms with Crippen LogP contribution in [0.5, 0.6) is 0 Å². The molecule has 0 aliphatic heterocycles. The third kappa shape index (κ3) is 2.05. The average Bonchev–Trinajstić information content (AvgIpc) is 3.50. The Hall–Kier alpha value is 1.32. The van der Waals surface area contributed by atoms with Gasteiger partial charge in [-0.25, -0.2) is 0 Å². The van der Waals surface area contributed by atoms with E-state index < -0.39 is 0 Å². The summed E-state index contributed by atoms with van der Waals surface area (Å²) in [6, 6.07) is 0. The second-order valence-corrected chi connectivity index (χ2v) is 15.3. The smallest absolute Gasteiger partial charge is 0.0530 e. The zero-order valence-corrected chi connectivity index (χ0v) is 24.1. The van der Waals surface area contributed by atoms with Gasteiger partial charge in [-0.2, -0.15) is 50.5 Å². The molecule has 6 heteroatoms. The fourth-order valence-electron chi connectivity index (χ4n) is 14.7. The van der Waals surface area contributed by atoms with Crippen LogP contribution in [0.4, 0.5) is 0 Å². The number of hydrogen-bond acceptors (Lipinski definition) is 6. The summed E-state index contributed by atoms with van der Waals surface area (Å²) in [5.41, 5.74) is 0.754. The highest BCUT2D eigenvalue weighted by atomic mass is 32.1. The molecule has 2 nitrogen and oxygen atoms in total. The van der Waals surface area contributed by atoms with E-state index in [9.17, 15) is 0 Å². The van der Waals surface area contributed by atoms with Gasteiger partial charge in [0.15, 0.2) is 0 Å². The Morgan fingerprint density at radius 3 is 1.00 bits per heavy atom.